The molecule has 26 heavy (non-hydrogen) atoms. The van der Waals surface area contributed by atoms with E-state index in [2.05, 4.69) is 0 Å². The molecule has 2 saturated heterocycles. The standard InChI is InChI=1S/C19H27N3O4/c1-18(2,3)26-17(24)22-12-19(13-22)11-21(9-15(19)20)16(23)25-10-14-7-5-4-6-8-14/h4-8,15H,9-13,20H2,1-3H3. The second kappa shape index (κ2) is 6.79. The third-order valence-electron chi connectivity index (χ3n) is 4.84. The molecule has 2 aliphatic heterocycles. The Labute approximate surface area is 154 Å². The first kappa shape index (κ1) is 18.5. The molecule has 0 aliphatic carbocycles. The molecule has 1 spiro atoms. The Bertz CT molecular complexity index is 665. The molecule has 2 heterocycles. The van der Waals surface area contributed by atoms with Gasteiger partial charge in [0.1, 0.15) is 12.2 Å². The second-order valence-corrected chi connectivity index (χ2v) is 8.23. The van der Waals surface area contributed by atoms with Crippen LogP contribution in [-0.4, -0.2) is 59.8 Å². The summed E-state index contributed by atoms with van der Waals surface area (Å²) in [5, 5.41) is 0. The van der Waals surface area contributed by atoms with Gasteiger partial charge in [0.2, 0.25) is 0 Å². The van der Waals surface area contributed by atoms with Gasteiger partial charge in [-0.3, -0.25) is 0 Å². The average molecular weight is 361 g/mol. The van der Waals surface area contributed by atoms with Gasteiger partial charge < -0.3 is 25.0 Å². The zero-order chi connectivity index (χ0) is 18.9. The minimum absolute atomic E-state index is 0.175. The molecule has 7 heteroatoms. The number of ether oxygens (including phenoxy) is 2. The molecule has 1 unspecified atom stereocenters. The minimum atomic E-state index is -0.523. The highest BCUT2D eigenvalue weighted by Gasteiger charge is 2.56. The predicted octanol–water partition coefficient (Wildman–Crippen LogP) is 2.20. The summed E-state index contributed by atoms with van der Waals surface area (Å²) in [4.78, 5) is 27.7. The van der Waals surface area contributed by atoms with Crippen molar-refractivity contribution in [1.29, 1.82) is 0 Å². The van der Waals surface area contributed by atoms with Crippen LogP contribution in [0.1, 0.15) is 26.3 Å². The highest BCUT2D eigenvalue weighted by molar-refractivity contribution is 5.71. The van der Waals surface area contributed by atoms with E-state index in [0.29, 0.717) is 26.2 Å². The van der Waals surface area contributed by atoms with Crippen molar-refractivity contribution >= 4 is 12.2 Å². The molecule has 0 aromatic heterocycles. The molecular weight excluding hydrogens is 334 g/mol. The Kier molecular flexibility index (Phi) is 4.84. The lowest BCUT2D eigenvalue weighted by Gasteiger charge is -2.49. The minimum Gasteiger partial charge on any atom is -0.445 e. The smallest absolute Gasteiger partial charge is 0.410 e. The quantitative estimate of drug-likeness (QED) is 0.873. The van der Waals surface area contributed by atoms with Crippen LogP contribution < -0.4 is 5.73 Å². The van der Waals surface area contributed by atoms with Crippen LogP contribution in [0.15, 0.2) is 30.3 Å². The number of amides is 2. The van der Waals surface area contributed by atoms with E-state index in [1.165, 1.54) is 0 Å². The van der Waals surface area contributed by atoms with Gasteiger partial charge in [-0.1, -0.05) is 30.3 Å². The van der Waals surface area contributed by atoms with Crippen LogP contribution in [-0.2, 0) is 16.1 Å². The number of nitrogens with zero attached hydrogens (tertiary/aromatic N) is 2. The summed E-state index contributed by atoms with van der Waals surface area (Å²) in [6.07, 6.45) is -0.697. The number of likely N-dealkylation sites (tertiary alicyclic amines) is 2. The van der Waals surface area contributed by atoms with Crippen molar-refractivity contribution < 1.29 is 19.1 Å². The van der Waals surface area contributed by atoms with E-state index < -0.39 is 5.60 Å². The Morgan fingerprint density at radius 1 is 1.12 bits per heavy atom. The largest absolute Gasteiger partial charge is 0.445 e. The highest BCUT2D eigenvalue weighted by Crippen LogP contribution is 2.39. The molecule has 2 aliphatic rings. The average Bonchev–Trinajstić information content (AvgIpc) is 2.88. The molecule has 142 valence electrons. The first-order valence-corrected chi connectivity index (χ1v) is 8.88. The first-order valence-electron chi connectivity index (χ1n) is 8.88. The highest BCUT2D eigenvalue weighted by atomic mass is 16.6. The summed E-state index contributed by atoms with van der Waals surface area (Å²) >= 11 is 0. The van der Waals surface area contributed by atoms with Crippen LogP contribution >= 0.6 is 0 Å². The van der Waals surface area contributed by atoms with Gasteiger partial charge in [-0.2, -0.15) is 0 Å². The lowest BCUT2D eigenvalue weighted by Crippen LogP contribution is -2.65. The second-order valence-electron chi connectivity index (χ2n) is 8.23. The molecule has 1 aromatic carbocycles. The number of carbonyl (C=O) groups is 2. The fraction of sp³-hybridized carbons (Fsp3) is 0.579. The van der Waals surface area contributed by atoms with Crippen LogP contribution in [0.5, 0.6) is 0 Å². The van der Waals surface area contributed by atoms with E-state index in [1.807, 2.05) is 51.1 Å². The van der Waals surface area contributed by atoms with Crippen LogP contribution in [0, 0.1) is 5.41 Å². The van der Waals surface area contributed by atoms with E-state index in [9.17, 15) is 9.59 Å². The molecule has 2 fully saturated rings. The van der Waals surface area contributed by atoms with Gasteiger partial charge in [0, 0.05) is 37.6 Å². The summed E-state index contributed by atoms with van der Waals surface area (Å²) < 4.78 is 10.8. The predicted molar refractivity (Wildman–Crippen MR) is 96.4 cm³/mol. The Morgan fingerprint density at radius 3 is 2.35 bits per heavy atom. The Balaban J connectivity index is 1.51. The van der Waals surface area contributed by atoms with Crippen molar-refractivity contribution in [2.45, 2.75) is 39.0 Å². The summed E-state index contributed by atoms with van der Waals surface area (Å²) in [6, 6.07) is 9.38. The molecular formula is C19H27N3O4. The van der Waals surface area contributed by atoms with E-state index in [0.717, 1.165) is 5.56 Å². The maximum absolute atomic E-state index is 12.3. The van der Waals surface area contributed by atoms with Crippen molar-refractivity contribution in [3.05, 3.63) is 35.9 Å². The molecule has 1 atom stereocenters. The van der Waals surface area contributed by atoms with Crippen molar-refractivity contribution in [2.24, 2.45) is 11.1 Å². The van der Waals surface area contributed by atoms with Crippen LogP contribution in [0.25, 0.3) is 0 Å². The fourth-order valence-corrected chi connectivity index (χ4v) is 3.45. The van der Waals surface area contributed by atoms with Gasteiger partial charge in [-0.05, 0) is 26.3 Å². The monoisotopic (exact) mass is 361 g/mol. The number of rotatable bonds is 2. The molecule has 0 bridgehead atoms. The van der Waals surface area contributed by atoms with Gasteiger partial charge in [0.25, 0.3) is 0 Å². The number of carbonyl (C=O) groups excluding carboxylic acids is 2. The summed E-state index contributed by atoms with van der Waals surface area (Å²) in [5.74, 6) is 0. The van der Waals surface area contributed by atoms with Crippen molar-refractivity contribution in [1.82, 2.24) is 9.80 Å². The molecule has 2 amide bonds. The van der Waals surface area contributed by atoms with Crippen LogP contribution in [0.4, 0.5) is 9.59 Å². The lowest BCUT2D eigenvalue weighted by atomic mass is 9.76. The van der Waals surface area contributed by atoms with E-state index in [-0.39, 0.29) is 30.3 Å². The zero-order valence-corrected chi connectivity index (χ0v) is 15.6. The number of hydrogen-bond acceptors (Lipinski definition) is 5. The summed E-state index contributed by atoms with van der Waals surface area (Å²) in [5.41, 5.74) is 6.43. The number of benzene rings is 1. The van der Waals surface area contributed by atoms with Gasteiger partial charge in [-0.25, -0.2) is 9.59 Å². The summed E-state index contributed by atoms with van der Waals surface area (Å²) in [6.45, 7) is 7.71. The summed E-state index contributed by atoms with van der Waals surface area (Å²) in [7, 11) is 0. The molecule has 3 rings (SSSR count). The van der Waals surface area contributed by atoms with Crippen LogP contribution in [0.2, 0.25) is 0 Å². The van der Waals surface area contributed by atoms with Gasteiger partial charge >= 0.3 is 12.2 Å². The fourth-order valence-electron chi connectivity index (χ4n) is 3.45. The molecule has 7 nitrogen and oxygen atoms in total. The van der Waals surface area contributed by atoms with Gasteiger partial charge in [-0.15, -0.1) is 0 Å². The lowest BCUT2D eigenvalue weighted by molar-refractivity contribution is -0.0346. The van der Waals surface area contributed by atoms with Crippen LogP contribution in [0.3, 0.4) is 0 Å². The molecule has 1 aromatic rings. The van der Waals surface area contributed by atoms with Gasteiger partial charge in [0.05, 0.1) is 0 Å². The zero-order valence-electron chi connectivity index (χ0n) is 15.6. The normalized spacial score (nSPS) is 21.5. The van der Waals surface area contributed by atoms with Crippen molar-refractivity contribution in [3.8, 4) is 0 Å². The first-order chi connectivity index (χ1) is 12.2. The third kappa shape index (κ3) is 3.93. The Morgan fingerprint density at radius 2 is 1.73 bits per heavy atom. The van der Waals surface area contributed by atoms with E-state index in [4.69, 9.17) is 15.2 Å². The SMILES string of the molecule is CC(C)(C)OC(=O)N1CC2(CN(C(=O)OCc3ccccc3)CC2N)C1. The molecule has 2 N–H and O–H groups in total. The Hall–Kier alpha value is -2.28. The third-order valence-corrected chi connectivity index (χ3v) is 4.84. The van der Waals surface area contributed by atoms with E-state index in [1.54, 1.807) is 9.80 Å². The van der Waals surface area contributed by atoms with Gasteiger partial charge in [0.15, 0.2) is 0 Å². The molecule has 0 radical (unpaired) electrons. The maximum atomic E-state index is 12.3. The maximum Gasteiger partial charge on any atom is 0.410 e. The number of nitrogens with two attached hydrogens (primary N) is 1. The van der Waals surface area contributed by atoms with E-state index >= 15 is 0 Å². The van der Waals surface area contributed by atoms with Crippen molar-refractivity contribution in [2.75, 3.05) is 26.2 Å². The number of hydrogen-bond donors (Lipinski definition) is 1. The topological polar surface area (TPSA) is 85.1 Å². The van der Waals surface area contributed by atoms with Crippen molar-refractivity contribution in [3.63, 3.8) is 0 Å². The molecule has 0 saturated carbocycles.